The van der Waals surface area contributed by atoms with Gasteiger partial charge in [-0.05, 0) is 52.6 Å². The van der Waals surface area contributed by atoms with Gasteiger partial charge in [-0.3, -0.25) is 4.79 Å². The van der Waals surface area contributed by atoms with E-state index in [0.29, 0.717) is 28.2 Å². The summed E-state index contributed by atoms with van der Waals surface area (Å²) >= 11 is 4.46. The van der Waals surface area contributed by atoms with Crippen LogP contribution in [0.4, 0.5) is 0 Å². The van der Waals surface area contributed by atoms with Crippen molar-refractivity contribution in [1.82, 2.24) is 4.31 Å². The van der Waals surface area contributed by atoms with Gasteiger partial charge in [0, 0.05) is 24.0 Å². The Kier molecular flexibility index (Phi) is 5.22. The SMILES string of the molecule is O=C(O)CCC1CCCN(S(=O)(=O)c2sccc2Br)C1. The van der Waals surface area contributed by atoms with E-state index < -0.39 is 16.0 Å². The van der Waals surface area contributed by atoms with Crippen molar-refractivity contribution in [3.63, 3.8) is 0 Å². The molecule has 2 rings (SSSR count). The Hall–Kier alpha value is -0.440. The molecule has 0 amide bonds. The van der Waals surface area contributed by atoms with E-state index in [1.54, 1.807) is 11.4 Å². The molecule has 1 aromatic heterocycles. The lowest BCUT2D eigenvalue weighted by molar-refractivity contribution is -0.137. The van der Waals surface area contributed by atoms with Crippen LogP contribution in [0.5, 0.6) is 0 Å². The van der Waals surface area contributed by atoms with Crippen LogP contribution in [0.1, 0.15) is 25.7 Å². The number of carbonyl (C=O) groups is 1. The summed E-state index contributed by atoms with van der Waals surface area (Å²) in [7, 11) is -3.46. The first-order valence-corrected chi connectivity index (χ1v) is 9.47. The topological polar surface area (TPSA) is 74.7 Å². The molecular formula is C12H16BrNO4S2. The zero-order chi connectivity index (χ0) is 14.8. The van der Waals surface area contributed by atoms with Gasteiger partial charge in [0.2, 0.25) is 0 Å². The normalized spacial score (nSPS) is 20.9. The van der Waals surface area contributed by atoms with Crippen LogP contribution in [0.3, 0.4) is 0 Å². The predicted octanol–water partition coefficient (Wildman–Crippen LogP) is 2.78. The Morgan fingerprint density at radius 2 is 2.30 bits per heavy atom. The van der Waals surface area contributed by atoms with Crippen LogP contribution in [-0.4, -0.2) is 36.9 Å². The van der Waals surface area contributed by atoms with Crippen molar-refractivity contribution in [2.24, 2.45) is 5.92 Å². The number of carboxylic acids is 1. The van der Waals surface area contributed by atoms with Gasteiger partial charge >= 0.3 is 5.97 Å². The summed E-state index contributed by atoms with van der Waals surface area (Å²) in [5, 5.41) is 10.5. The number of hydrogen-bond acceptors (Lipinski definition) is 4. The number of piperidine rings is 1. The molecule has 0 aliphatic carbocycles. The van der Waals surface area contributed by atoms with E-state index in [9.17, 15) is 13.2 Å². The van der Waals surface area contributed by atoms with Crippen LogP contribution < -0.4 is 0 Å². The maximum absolute atomic E-state index is 12.5. The second-order valence-electron chi connectivity index (χ2n) is 4.86. The summed E-state index contributed by atoms with van der Waals surface area (Å²) in [4.78, 5) is 10.6. The van der Waals surface area contributed by atoms with E-state index in [4.69, 9.17) is 5.11 Å². The standard InChI is InChI=1S/C12H16BrNO4S2/c13-10-5-7-19-12(10)20(17,18)14-6-1-2-9(8-14)3-4-11(15)16/h5,7,9H,1-4,6,8H2,(H,15,16). The highest BCUT2D eigenvalue weighted by Gasteiger charge is 2.32. The summed E-state index contributed by atoms with van der Waals surface area (Å²) in [6, 6.07) is 1.73. The molecule has 0 aromatic carbocycles. The Morgan fingerprint density at radius 3 is 2.90 bits per heavy atom. The highest BCUT2D eigenvalue weighted by atomic mass is 79.9. The third-order valence-corrected chi connectivity index (χ3v) is 7.92. The second-order valence-corrected chi connectivity index (χ2v) is 8.76. The lowest BCUT2D eigenvalue weighted by Crippen LogP contribution is -2.39. The predicted molar refractivity (Wildman–Crippen MR) is 80.4 cm³/mol. The molecule has 8 heteroatoms. The van der Waals surface area contributed by atoms with Crippen molar-refractivity contribution in [3.8, 4) is 0 Å². The van der Waals surface area contributed by atoms with Crippen molar-refractivity contribution < 1.29 is 18.3 Å². The summed E-state index contributed by atoms with van der Waals surface area (Å²) in [6.07, 6.45) is 2.31. The number of halogens is 1. The molecule has 1 unspecified atom stereocenters. The van der Waals surface area contributed by atoms with Crippen LogP contribution in [0.2, 0.25) is 0 Å². The van der Waals surface area contributed by atoms with Gasteiger partial charge in [0.25, 0.3) is 10.0 Å². The van der Waals surface area contributed by atoms with E-state index in [-0.39, 0.29) is 12.3 Å². The minimum atomic E-state index is -3.46. The molecule has 5 nitrogen and oxygen atoms in total. The van der Waals surface area contributed by atoms with Gasteiger partial charge in [-0.25, -0.2) is 8.42 Å². The minimum Gasteiger partial charge on any atom is -0.481 e. The first-order valence-electron chi connectivity index (χ1n) is 6.36. The minimum absolute atomic E-state index is 0.0985. The van der Waals surface area contributed by atoms with Gasteiger partial charge in [0.05, 0.1) is 0 Å². The van der Waals surface area contributed by atoms with E-state index in [1.807, 2.05) is 0 Å². The van der Waals surface area contributed by atoms with Gasteiger partial charge in [0.1, 0.15) is 4.21 Å². The summed E-state index contributed by atoms with van der Waals surface area (Å²) in [6.45, 7) is 0.927. The molecule has 0 saturated carbocycles. The maximum atomic E-state index is 12.5. The number of nitrogens with zero attached hydrogens (tertiary/aromatic N) is 1. The second kappa shape index (κ2) is 6.55. The Bertz CT molecular complexity index is 584. The zero-order valence-electron chi connectivity index (χ0n) is 10.8. The van der Waals surface area contributed by atoms with Gasteiger partial charge < -0.3 is 5.11 Å². The molecular weight excluding hydrogens is 366 g/mol. The van der Waals surface area contributed by atoms with Crippen LogP contribution in [-0.2, 0) is 14.8 Å². The first-order chi connectivity index (χ1) is 9.41. The fourth-order valence-corrected chi connectivity index (χ4v) is 6.39. The van der Waals surface area contributed by atoms with Gasteiger partial charge in [-0.1, -0.05) is 0 Å². The molecule has 1 saturated heterocycles. The molecule has 0 bridgehead atoms. The lowest BCUT2D eigenvalue weighted by atomic mass is 9.95. The molecule has 1 aliphatic heterocycles. The van der Waals surface area contributed by atoms with Gasteiger partial charge in [0.15, 0.2) is 0 Å². The molecule has 0 radical (unpaired) electrons. The lowest BCUT2D eigenvalue weighted by Gasteiger charge is -2.31. The Morgan fingerprint density at radius 1 is 1.55 bits per heavy atom. The molecule has 1 N–H and O–H groups in total. The van der Waals surface area contributed by atoms with Crippen molar-refractivity contribution in [2.75, 3.05) is 13.1 Å². The zero-order valence-corrected chi connectivity index (χ0v) is 14.0. The summed E-state index contributed by atoms with van der Waals surface area (Å²) < 4.78 is 27.5. The van der Waals surface area contributed by atoms with Crippen LogP contribution in [0.25, 0.3) is 0 Å². The molecule has 2 heterocycles. The number of thiophene rings is 1. The Balaban J connectivity index is 2.09. The fraction of sp³-hybridized carbons (Fsp3) is 0.583. The molecule has 112 valence electrons. The van der Waals surface area contributed by atoms with Gasteiger partial charge in [-0.2, -0.15) is 4.31 Å². The average molecular weight is 382 g/mol. The van der Waals surface area contributed by atoms with Crippen molar-refractivity contribution in [3.05, 3.63) is 15.9 Å². The van der Waals surface area contributed by atoms with Crippen molar-refractivity contribution in [2.45, 2.75) is 29.9 Å². The van der Waals surface area contributed by atoms with Crippen LogP contribution in [0.15, 0.2) is 20.1 Å². The summed E-state index contributed by atoms with van der Waals surface area (Å²) in [5.41, 5.74) is 0. The van der Waals surface area contributed by atoms with E-state index in [1.165, 1.54) is 15.6 Å². The Labute approximate surface area is 130 Å². The molecule has 1 aliphatic rings. The number of rotatable bonds is 5. The van der Waals surface area contributed by atoms with E-state index >= 15 is 0 Å². The van der Waals surface area contributed by atoms with E-state index in [2.05, 4.69) is 15.9 Å². The quantitative estimate of drug-likeness (QED) is 0.850. The van der Waals surface area contributed by atoms with E-state index in [0.717, 1.165) is 12.8 Å². The third kappa shape index (κ3) is 3.60. The molecule has 1 atom stereocenters. The molecule has 1 aromatic rings. The average Bonchev–Trinajstić information content (AvgIpc) is 2.84. The van der Waals surface area contributed by atoms with Crippen LogP contribution in [0, 0.1) is 5.92 Å². The van der Waals surface area contributed by atoms with Crippen molar-refractivity contribution >= 4 is 43.3 Å². The third-order valence-electron chi connectivity index (χ3n) is 3.41. The largest absolute Gasteiger partial charge is 0.481 e. The highest BCUT2D eigenvalue weighted by molar-refractivity contribution is 9.10. The van der Waals surface area contributed by atoms with Crippen LogP contribution >= 0.6 is 27.3 Å². The fourth-order valence-electron chi connectivity index (χ4n) is 2.39. The monoisotopic (exact) mass is 381 g/mol. The molecule has 0 spiro atoms. The van der Waals surface area contributed by atoms with Crippen molar-refractivity contribution in [1.29, 1.82) is 0 Å². The molecule has 1 fully saturated rings. The number of aliphatic carboxylic acids is 1. The van der Waals surface area contributed by atoms with Gasteiger partial charge in [-0.15, -0.1) is 11.3 Å². The number of carboxylic acid groups (broad SMARTS) is 1. The smallest absolute Gasteiger partial charge is 0.303 e. The molecule has 20 heavy (non-hydrogen) atoms. The number of sulfonamides is 1. The summed E-state index contributed by atoms with van der Waals surface area (Å²) in [5.74, 6) is -0.695. The maximum Gasteiger partial charge on any atom is 0.303 e. The highest BCUT2D eigenvalue weighted by Crippen LogP contribution is 2.33. The first kappa shape index (κ1) is 15.9. The number of hydrogen-bond donors (Lipinski definition) is 1.